The number of halogens is 3. The molecule has 78 valence electrons. The quantitative estimate of drug-likeness (QED) is 0.727. The molecule has 14 heavy (non-hydrogen) atoms. The molecule has 0 aromatic heterocycles. The van der Waals surface area contributed by atoms with Gasteiger partial charge in [0.1, 0.15) is 11.8 Å². The molecule has 0 amide bonds. The van der Waals surface area contributed by atoms with Crippen LogP contribution in [0.15, 0.2) is 24.3 Å². The summed E-state index contributed by atoms with van der Waals surface area (Å²) in [6.07, 6.45) is -4.27. The number of nitrogens with one attached hydrogen (secondary N) is 1. The fourth-order valence-corrected chi connectivity index (χ4v) is 0.889. The van der Waals surface area contributed by atoms with Crippen molar-refractivity contribution < 1.29 is 18.3 Å². The minimum absolute atomic E-state index is 0.0233. The Morgan fingerprint density at radius 3 is 2.14 bits per heavy atom. The molecule has 5 heteroatoms. The first-order valence-electron chi connectivity index (χ1n) is 4.02. The summed E-state index contributed by atoms with van der Waals surface area (Å²) in [6, 6.07) is 3.82. The summed E-state index contributed by atoms with van der Waals surface area (Å²) in [5.41, 5.74) is 0.327. The molecule has 0 spiro atoms. The third-order valence-electron chi connectivity index (χ3n) is 1.74. The summed E-state index contributed by atoms with van der Waals surface area (Å²) in [4.78, 5) is 0. The zero-order valence-electron chi connectivity index (χ0n) is 7.47. The Morgan fingerprint density at radius 1 is 1.21 bits per heavy atom. The number of phenolic OH excluding ortho intramolecular Hbond substituents is 1. The molecule has 1 aromatic carbocycles. The van der Waals surface area contributed by atoms with Gasteiger partial charge in [-0.25, -0.2) is 0 Å². The van der Waals surface area contributed by atoms with Crippen molar-refractivity contribution in [2.24, 2.45) is 0 Å². The highest BCUT2D eigenvalue weighted by atomic mass is 19.4. The van der Waals surface area contributed by atoms with E-state index in [4.69, 9.17) is 5.11 Å². The predicted molar refractivity (Wildman–Crippen MR) is 47.2 cm³/mol. The van der Waals surface area contributed by atoms with Gasteiger partial charge >= 0.3 is 6.18 Å². The fraction of sp³-hybridized carbons (Fsp3) is 0.333. The molecule has 0 aliphatic rings. The Morgan fingerprint density at radius 2 is 1.71 bits per heavy atom. The Labute approximate surface area is 79.4 Å². The molecule has 2 N–H and O–H groups in total. The van der Waals surface area contributed by atoms with Crippen molar-refractivity contribution in [2.45, 2.75) is 19.1 Å². The van der Waals surface area contributed by atoms with Crippen molar-refractivity contribution in [2.75, 3.05) is 5.32 Å². The van der Waals surface area contributed by atoms with E-state index in [1.54, 1.807) is 0 Å². The van der Waals surface area contributed by atoms with E-state index in [-0.39, 0.29) is 5.75 Å². The second kappa shape index (κ2) is 3.77. The highest BCUT2D eigenvalue weighted by Gasteiger charge is 2.35. The highest BCUT2D eigenvalue weighted by Crippen LogP contribution is 2.23. The molecule has 0 heterocycles. The number of rotatable bonds is 2. The van der Waals surface area contributed by atoms with E-state index < -0.39 is 12.2 Å². The van der Waals surface area contributed by atoms with Gasteiger partial charge in [-0.3, -0.25) is 0 Å². The summed E-state index contributed by atoms with van der Waals surface area (Å²) >= 11 is 0. The fourth-order valence-electron chi connectivity index (χ4n) is 0.889. The topological polar surface area (TPSA) is 32.3 Å². The van der Waals surface area contributed by atoms with Crippen LogP contribution in [0, 0.1) is 0 Å². The van der Waals surface area contributed by atoms with Crippen molar-refractivity contribution in [1.82, 2.24) is 0 Å². The van der Waals surface area contributed by atoms with Gasteiger partial charge in [0.15, 0.2) is 0 Å². The first kappa shape index (κ1) is 10.7. The lowest BCUT2D eigenvalue weighted by molar-refractivity contribution is -0.138. The highest BCUT2D eigenvalue weighted by molar-refractivity contribution is 5.46. The van der Waals surface area contributed by atoms with Gasteiger partial charge in [0.05, 0.1) is 0 Å². The number of alkyl halides is 3. The first-order chi connectivity index (χ1) is 6.39. The van der Waals surface area contributed by atoms with E-state index in [2.05, 4.69) is 5.32 Å². The molecule has 0 fully saturated rings. The predicted octanol–water partition coefficient (Wildman–Crippen LogP) is 2.75. The molecule has 1 rings (SSSR count). The lowest BCUT2D eigenvalue weighted by Gasteiger charge is -2.18. The number of anilines is 1. The van der Waals surface area contributed by atoms with Crippen LogP contribution in [0.5, 0.6) is 5.75 Å². The second-order valence-electron chi connectivity index (χ2n) is 2.95. The van der Waals surface area contributed by atoms with Crippen molar-refractivity contribution in [3.05, 3.63) is 24.3 Å². The SMILES string of the molecule is CC(Nc1ccc(O)cc1)C(F)(F)F. The summed E-state index contributed by atoms with van der Waals surface area (Å²) in [7, 11) is 0. The molecule has 1 atom stereocenters. The second-order valence-corrected chi connectivity index (χ2v) is 2.95. The van der Waals surface area contributed by atoms with Crippen molar-refractivity contribution in [3.8, 4) is 5.75 Å². The van der Waals surface area contributed by atoms with Gasteiger partial charge in [-0.15, -0.1) is 0 Å². The van der Waals surface area contributed by atoms with Crippen LogP contribution in [0.4, 0.5) is 18.9 Å². The molecule has 0 aliphatic heterocycles. The van der Waals surface area contributed by atoms with Gasteiger partial charge in [0.2, 0.25) is 0 Å². The first-order valence-corrected chi connectivity index (χ1v) is 4.02. The molecule has 0 radical (unpaired) electrons. The Bertz CT molecular complexity index is 294. The Kier molecular flexibility index (Phi) is 2.88. The molecule has 1 unspecified atom stereocenters. The third kappa shape index (κ3) is 2.83. The molecule has 0 aliphatic carbocycles. The smallest absolute Gasteiger partial charge is 0.408 e. The normalized spacial score (nSPS) is 13.7. The largest absolute Gasteiger partial charge is 0.508 e. The van der Waals surface area contributed by atoms with Gasteiger partial charge in [-0.1, -0.05) is 0 Å². The molecule has 2 nitrogen and oxygen atoms in total. The lowest BCUT2D eigenvalue weighted by Crippen LogP contribution is -2.32. The van der Waals surface area contributed by atoms with E-state index in [1.807, 2.05) is 0 Å². The number of hydrogen-bond donors (Lipinski definition) is 2. The summed E-state index contributed by atoms with van der Waals surface area (Å²) < 4.78 is 36.3. The van der Waals surface area contributed by atoms with Gasteiger partial charge < -0.3 is 10.4 Å². The molecule has 1 aromatic rings. The van der Waals surface area contributed by atoms with Crippen molar-refractivity contribution in [1.29, 1.82) is 0 Å². The van der Waals surface area contributed by atoms with Crippen LogP contribution in [-0.2, 0) is 0 Å². The van der Waals surface area contributed by atoms with Crippen molar-refractivity contribution in [3.63, 3.8) is 0 Å². The third-order valence-corrected chi connectivity index (χ3v) is 1.74. The van der Waals surface area contributed by atoms with Crippen LogP contribution in [-0.4, -0.2) is 17.3 Å². The van der Waals surface area contributed by atoms with E-state index >= 15 is 0 Å². The van der Waals surface area contributed by atoms with Crippen LogP contribution in [0.1, 0.15) is 6.92 Å². The Balaban J connectivity index is 2.65. The number of aromatic hydroxyl groups is 1. The molecular formula is C9H10F3NO. The maximum atomic E-state index is 12.1. The zero-order chi connectivity index (χ0) is 10.8. The average molecular weight is 205 g/mol. The summed E-state index contributed by atoms with van der Waals surface area (Å²) in [5.74, 6) is 0.0233. The molecule has 0 saturated carbocycles. The van der Waals surface area contributed by atoms with Crippen LogP contribution in [0.25, 0.3) is 0 Å². The van der Waals surface area contributed by atoms with Crippen LogP contribution in [0.2, 0.25) is 0 Å². The summed E-state index contributed by atoms with van der Waals surface area (Å²) in [6.45, 7) is 1.03. The van der Waals surface area contributed by atoms with Crippen molar-refractivity contribution >= 4 is 5.69 Å². The number of hydrogen-bond acceptors (Lipinski definition) is 2. The Hall–Kier alpha value is -1.39. The van der Waals surface area contributed by atoms with E-state index in [9.17, 15) is 13.2 Å². The lowest BCUT2D eigenvalue weighted by atomic mass is 10.2. The monoisotopic (exact) mass is 205 g/mol. The van der Waals surface area contributed by atoms with Crippen LogP contribution in [0.3, 0.4) is 0 Å². The van der Waals surface area contributed by atoms with E-state index in [0.717, 1.165) is 6.92 Å². The minimum atomic E-state index is -4.27. The van der Waals surface area contributed by atoms with E-state index in [1.165, 1.54) is 24.3 Å². The zero-order valence-corrected chi connectivity index (χ0v) is 7.47. The van der Waals surface area contributed by atoms with Gasteiger partial charge in [-0.05, 0) is 31.2 Å². The average Bonchev–Trinajstić information content (AvgIpc) is 2.07. The maximum absolute atomic E-state index is 12.1. The number of benzene rings is 1. The molecular weight excluding hydrogens is 195 g/mol. The van der Waals surface area contributed by atoms with Crippen LogP contribution >= 0.6 is 0 Å². The molecule has 0 bridgehead atoms. The van der Waals surface area contributed by atoms with Gasteiger partial charge in [0, 0.05) is 5.69 Å². The van der Waals surface area contributed by atoms with Gasteiger partial charge in [-0.2, -0.15) is 13.2 Å². The number of phenols is 1. The van der Waals surface area contributed by atoms with Crippen LogP contribution < -0.4 is 5.32 Å². The standard InChI is InChI=1S/C9H10F3NO/c1-6(9(10,11)12)13-7-2-4-8(14)5-3-7/h2-6,13-14H,1H3. The summed E-state index contributed by atoms with van der Waals surface area (Å²) in [5, 5.41) is 11.2. The van der Waals surface area contributed by atoms with Gasteiger partial charge in [0.25, 0.3) is 0 Å². The molecule has 0 saturated heterocycles. The minimum Gasteiger partial charge on any atom is -0.508 e. The maximum Gasteiger partial charge on any atom is 0.408 e. The van der Waals surface area contributed by atoms with E-state index in [0.29, 0.717) is 5.69 Å².